The van der Waals surface area contributed by atoms with Crippen LogP contribution in [-0.2, 0) is 27.2 Å². The molecular formula is C31H36N4O6S3. The Labute approximate surface area is 270 Å². The van der Waals surface area contributed by atoms with Gasteiger partial charge in [-0.1, -0.05) is 18.2 Å². The Hall–Kier alpha value is -3.81. The summed E-state index contributed by atoms with van der Waals surface area (Å²) in [5.41, 5.74) is 2.04. The zero-order valence-corrected chi connectivity index (χ0v) is 27.7. The van der Waals surface area contributed by atoms with E-state index in [-0.39, 0.29) is 18.3 Å². The number of para-hydroxylation sites is 2. The molecule has 1 aliphatic heterocycles. The number of carbonyl (C=O) groups excluding carboxylic acids is 3. The van der Waals surface area contributed by atoms with Gasteiger partial charge in [0.25, 0.3) is 0 Å². The van der Waals surface area contributed by atoms with Crippen molar-refractivity contribution >= 4 is 74.8 Å². The third-order valence-electron chi connectivity index (χ3n) is 6.26. The molecule has 3 aromatic rings. The van der Waals surface area contributed by atoms with E-state index in [2.05, 4.69) is 16.0 Å². The zero-order chi connectivity index (χ0) is 31.9. The minimum atomic E-state index is -0.617. The molecule has 0 spiro atoms. The standard InChI is InChI=1S/C31H36N4O6S3/c1-6-40-28(37)26-21-14-15-35(30(38)41-31(2,3)4)17-24(21)44-27(26)34-25(36)18-43-20-11-9-10-19(16-20)32-29(42)33-22-12-7-8-13-23(22)39-5/h7-13,16H,6,14-15,17-18H2,1-5H3,(H,34,36)(H2,32,33,42). The van der Waals surface area contributed by atoms with Gasteiger partial charge in [-0.15, -0.1) is 23.1 Å². The summed E-state index contributed by atoms with van der Waals surface area (Å²) in [5.74, 6) is 0.0254. The van der Waals surface area contributed by atoms with Gasteiger partial charge in [-0.2, -0.15) is 0 Å². The van der Waals surface area contributed by atoms with E-state index in [9.17, 15) is 14.4 Å². The van der Waals surface area contributed by atoms with Gasteiger partial charge in [0.1, 0.15) is 16.4 Å². The molecule has 4 rings (SSSR count). The van der Waals surface area contributed by atoms with Crippen LogP contribution in [-0.4, -0.2) is 59.6 Å². The SMILES string of the molecule is CCOC(=O)c1c(NC(=O)CSc2cccc(NC(=S)Nc3ccccc3OC)c2)sc2c1CCN(C(=O)OC(C)(C)C)C2. The topological polar surface area (TPSA) is 118 Å². The molecule has 0 fully saturated rings. The smallest absolute Gasteiger partial charge is 0.410 e. The Morgan fingerprint density at radius 3 is 2.57 bits per heavy atom. The fourth-order valence-electron chi connectivity index (χ4n) is 4.40. The Bertz CT molecular complexity index is 1530. The predicted molar refractivity (Wildman–Crippen MR) is 179 cm³/mol. The van der Waals surface area contributed by atoms with Gasteiger partial charge >= 0.3 is 12.1 Å². The van der Waals surface area contributed by atoms with Crippen LogP contribution in [0.15, 0.2) is 53.4 Å². The number of fused-ring (bicyclic) bond motifs is 1. The second-order valence-corrected chi connectivity index (χ2v) is 13.3. The number of thiocarbonyl (C=S) groups is 1. The number of nitrogens with zero attached hydrogens (tertiary/aromatic N) is 1. The molecule has 2 amide bonds. The lowest BCUT2D eigenvalue weighted by molar-refractivity contribution is -0.113. The number of thioether (sulfide) groups is 1. The fraction of sp³-hybridized carbons (Fsp3) is 0.355. The van der Waals surface area contributed by atoms with Crippen LogP contribution in [0.3, 0.4) is 0 Å². The summed E-state index contributed by atoms with van der Waals surface area (Å²) in [5, 5.41) is 10.0. The van der Waals surface area contributed by atoms with Crippen LogP contribution in [0.1, 0.15) is 48.5 Å². The molecule has 10 nitrogen and oxygen atoms in total. The molecule has 44 heavy (non-hydrogen) atoms. The number of esters is 1. The third-order valence-corrected chi connectivity index (χ3v) is 8.59. The largest absolute Gasteiger partial charge is 0.495 e. The monoisotopic (exact) mass is 656 g/mol. The number of amides is 2. The van der Waals surface area contributed by atoms with Crippen LogP contribution in [0.4, 0.5) is 21.2 Å². The molecule has 13 heteroatoms. The predicted octanol–water partition coefficient (Wildman–Crippen LogP) is 6.77. The van der Waals surface area contributed by atoms with Crippen LogP contribution >= 0.6 is 35.3 Å². The van der Waals surface area contributed by atoms with Crippen LogP contribution < -0.4 is 20.7 Å². The van der Waals surface area contributed by atoms with Gasteiger partial charge in [-0.25, -0.2) is 9.59 Å². The lowest BCUT2D eigenvalue weighted by Gasteiger charge is -2.30. The van der Waals surface area contributed by atoms with Gasteiger partial charge in [0.15, 0.2) is 5.11 Å². The van der Waals surface area contributed by atoms with E-state index >= 15 is 0 Å². The molecule has 2 heterocycles. The first kappa shape index (κ1) is 33.1. The van der Waals surface area contributed by atoms with Crippen molar-refractivity contribution in [2.45, 2.75) is 51.2 Å². The van der Waals surface area contributed by atoms with E-state index in [1.807, 2.05) is 69.3 Å². The van der Waals surface area contributed by atoms with Crippen molar-refractivity contribution in [1.82, 2.24) is 4.90 Å². The summed E-state index contributed by atoms with van der Waals surface area (Å²) < 4.78 is 16.2. The number of methoxy groups -OCH3 is 1. The number of thiophene rings is 1. The van der Waals surface area contributed by atoms with E-state index in [1.165, 1.54) is 23.1 Å². The molecule has 0 saturated carbocycles. The average Bonchev–Trinajstić information content (AvgIpc) is 3.32. The molecule has 0 aliphatic carbocycles. The lowest BCUT2D eigenvalue weighted by atomic mass is 10.0. The highest BCUT2D eigenvalue weighted by molar-refractivity contribution is 8.00. The molecule has 0 atom stereocenters. The highest BCUT2D eigenvalue weighted by Crippen LogP contribution is 2.38. The van der Waals surface area contributed by atoms with Gasteiger partial charge in [-0.3, -0.25) is 4.79 Å². The number of ether oxygens (including phenoxy) is 3. The lowest BCUT2D eigenvalue weighted by Crippen LogP contribution is -2.39. The first-order chi connectivity index (χ1) is 21.0. The molecule has 0 bridgehead atoms. The van der Waals surface area contributed by atoms with Crippen molar-refractivity contribution in [3.63, 3.8) is 0 Å². The van der Waals surface area contributed by atoms with E-state index in [0.717, 1.165) is 26.7 Å². The Kier molecular flexibility index (Phi) is 11.1. The molecular weight excluding hydrogens is 621 g/mol. The minimum Gasteiger partial charge on any atom is -0.495 e. The first-order valence-electron chi connectivity index (χ1n) is 14.0. The van der Waals surface area contributed by atoms with E-state index in [1.54, 1.807) is 18.9 Å². The highest BCUT2D eigenvalue weighted by Gasteiger charge is 2.32. The Morgan fingerprint density at radius 2 is 1.84 bits per heavy atom. The van der Waals surface area contributed by atoms with Gasteiger partial charge in [0, 0.05) is 22.0 Å². The average molecular weight is 657 g/mol. The summed E-state index contributed by atoms with van der Waals surface area (Å²) in [6.07, 6.45) is 0.0431. The maximum absolute atomic E-state index is 13.1. The van der Waals surface area contributed by atoms with Crippen LogP contribution in [0, 0.1) is 0 Å². The number of nitrogens with one attached hydrogen (secondary N) is 3. The fourth-order valence-corrected chi connectivity index (χ4v) is 6.65. The third kappa shape index (κ3) is 8.87. The number of rotatable bonds is 9. The van der Waals surface area contributed by atoms with E-state index in [0.29, 0.717) is 40.9 Å². The number of hydrogen-bond acceptors (Lipinski definition) is 9. The normalized spacial score (nSPS) is 12.5. The number of anilines is 3. The maximum atomic E-state index is 13.1. The van der Waals surface area contributed by atoms with Crippen molar-refractivity contribution in [2.75, 3.05) is 42.0 Å². The van der Waals surface area contributed by atoms with E-state index in [4.69, 9.17) is 26.4 Å². The van der Waals surface area contributed by atoms with Gasteiger partial charge in [0.05, 0.1) is 37.3 Å². The molecule has 0 saturated heterocycles. The summed E-state index contributed by atoms with van der Waals surface area (Å²) in [7, 11) is 1.60. The summed E-state index contributed by atoms with van der Waals surface area (Å²) >= 11 is 8.10. The van der Waals surface area contributed by atoms with Crippen molar-refractivity contribution in [3.8, 4) is 5.75 Å². The first-order valence-corrected chi connectivity index (χ1v) is 16.2. The Balaban J connectivity index is 1.40. The molecule has 1 aromatic heterocycles. The molecule has 0 radical (unpaired) electrons. The van der Waals surface area contributed by atoms with Crippen molar-refractivity contribution in [1.29, 1.82) is 0 Å². The second-order valence-electron chi connectivity index (χ2n) is 10.7. The summed E-state index contributed by atoms with van der Waals surface area (Å²) in [6, 6.07) is 15.0. The molecule has 234 valence electrons. The van der Waals surface area contributed by atoms with Crippen molar-refractivity contribution < 1.29 is 28.6 Å². The van der Waals surface area contributed by atoms with E-state index < -0.39 is 17.7 Å². The van der Waals surface area contributed by atoms with Gasteiger partial charge in [0.2, 0.25) is 5.91 Å². The molecule has 3 N–H and O–H groups in total. The van der Waals surface area contributed by atoms with Crippen LogP contribution in [0.25, 0.3) is 0 Å². The second kappa shape index (κ2) is 14.8. The highest BCUT2D eigenvalue weighted by atomic mass is 32.2. The van der Waals surface area contributed by atoms with Crippen LogP contribution in [0.5, 0.6) is 5.75 Å². The minimum absolute atomic E-state index is 0.113. The maximum Gasteiger partial charge on any atom is 0.410 e. The molecule has 1 aliphatic rings. The van der Waals surface area contributed by atoms with Gasteiger partial charge in [-0.05, 0) is 82.2 Å². The number of carbonyl (C=O) groups is 3. The van der Waals surface area contributed by atoms with Gasteiger partial charge < -0.3 is 35.1 Å². The summed E-state index contributed by atoms with van der Waals surface area (Å²) in [4.78, 5) is 42.0. The van der Waals surface area contributed by atoms with Crippen LogP contribution in [0.2, 0.25) is 0 Å². The Morgan fingerprint density at radius 1 is 1.07 bits per heavy atom. The summed E-state index contributed by atoms with van der Waals surface area (Å²) in [6.45, 7) is 8.09. The quantitative estimate of drug-likeness (QED) is 0.129. The van der Waals surface area contributed by atoms with Crippen molar-refractivity contribution in [2.24, 2.45) is 0 Å². The zero-order valence-electron chi connectivity index (χ0n) is 25.3. The molecule has 0 unspecified atom stereocenters. The number of benzene rings is 2. The molecule has 2 aromatic carbocycles. The van der Waals surface area contributed by atoms with Crippen molar-refractivity contribution in [3.05, 3.63) is 64.5 Å². The number of hydrogen-bond donors (Lipinski definition) is 3.